The van der Waals surface area contributed by atoms with E-state index >= 15 is 0 Å². The number of aryl methyl sites for hydroxylation is 1. The van der Waals surface area contributed by atoms with Gasteiger partial charge in [-0.2, -0.15) is 5.10 Å². The zero-order valence-corrected chi connectivity index (χ0v) is 14.8. The molecule has 1 atom stereocenters. The normalized spacial score (nSPS) is 12.4. The second-order valence-electron chi connectivity index (χ2n) is 6.38. The molecule has 0 aliphatic carbocycles. The first-order valence-electron chi connectivity index (χ1n) is 8.31. The molecule has 0 saturated heterocycles. The fraction of sp³-hybridized carbons (Fsp3) is 0.500. The summed E-state index contributed by atoms with van der Waals surface area (Å²) in [7, 11) is 1.81. The van der Waals surface area contributed by atoms with Crippen molar-refractivity contribution >= 4 is 11.7 Å². The molecule has 130 valence electrons. The van der Waals surface area contributed by atoms with Crippen LogP contribution in [0.2, 0.25) is 0 Å². The molecule has 2 aromatic rings. The van der Waals surface area contributed by atoms with Gasteiger partial charge in [0.2, 0.25) is 5.91 Å². The van der Waals surface area contributed by atoms with Crippen molar-refractivity contribution in [1.29, 1.82) is 0 Å². The highest BCUT2D eigenvalue weighted by molar-refractivity contribution is 5.90. The van der Waals surface area contributed by atoms with Crippen LogP contribution in [0.5, 0.6) is 0 Å². The second kappa shape index (κ2) is 8.59. The third kappa shape index (κ3) is 5.45. The smallest absolute Gasteiger partial charge is 0.227 e. The summed E-state index contributed by atoms with van der Waals surface area (Å²) in [6.45, 7) is 6.79. The molecule has 6 nitrogen and oxygen atoms in total. The van der Waals surface area contributed by atoms with Crippen LogP contribution in [0.3, 0.4) is 0 Å². The number of rotatable bonds is 8. The molecule has 2 rings (SSSR count). The minimum Gasteiger partial charge on any atom is -0.378 e. The molecule has 0 unspecified atom stereocenters. The third-order valence-electron chi connectivity index (χ3n) is 3.66. The van der Waals surface area contributed by atoms with Crippen LogP contribution in [-0.2, 0) is 16.6 Å². The maximum Gasteiger partial charge on any atom is 0.227 e. The minimum absolute atomic E-state index is 0.0731. The van der Waals surface area contributed by atoms with E-state index in [-0.39, 0.29) is 12.0 Å². The van der Waals surface area contributed by atoms with Gasteiger partial charge in [0.25, 0.3) is 0 Å². The Morgan fingerprint density at radius 2 is 2.00 bits per heavy atom. The Balaban J connectivity index is 1.85. The molecule has 0 bridgehead atoms. The highest BCUT2D eigenvalue weighted by atomic mass is 16.5. The summed E-state index contributed by atoms with van der Waals surface area (Å²) in [5, 5.41) is 7.30. The second-order valence-corrected chi connectivity index (χ2v) is 6.38. The zero-order chi connectivity index (χ0) is 17.5. The number of nitrogens with one attached hydrogen (secondary N) is 1. The molecule has 24 heavy (non-hydrogen) atoms. The number of carbonyl (C=O) groups excluding carboxylic acids is 1. The number of ether oxygens (including phenoxy) is 1. The molecule has 6 heteroatoms. The molecular formula is C18H26N4O2. The molecule has 0 saturated carbocycles. The third-order valence-corrected chi connectivity index (χ3v) is 3.66. The summed E-state index contributed by atoms with van der Waals surface area (Å²) in [6.07, 6.45) is 4.94. The monoisotopic (exact) mass is 330 g/mol. The Morgan fingerprint density at radius 3 is 2.67 bits per heavy atom. The van der Waals surface area contributed by atoms with Crippen LogP contribution in [0.1, 0.15) is 33.6 Å². The maximum absolute atomic E-state index is 12.1. The van der Waals surface area contributed by atoms with Crippen molar-refractivity contribution in [2.24, 2.45) is 13.0 Å². The molecule has 1 amide bonds. The van der Waals surface area contributed by atoms with Gasteiger partial charge in [-0.25, -0.2) is 0 Å². The fourth-order valence-corrected chi connectivity index (χ4v) is 2.54. The first-order valence-corrected chi connectivity index (χ1v) is 8.31. The van der Waals surface area contributed by atoms with Crippen molar-refractivity contribution in [2.75, 3.05) is 11.9 Å². The van der Waals surface area contributed by atoms with Crippen LogP contribution in [0.15, 0.2) is 30.6 Å². The Morgan fingerprint density at radius 1 is 1.29 bits per heavy atom. The average Bonchev–Trinajstić information content (AvgIpc) is 2.88. The average molecular weight is 330 g/mol. The number of hydrogen-bond donors (Lipinski definition) is 1. The highest BCUT2D eigenvalue weighted by Gasteiger charge is 2.11. The van der Waals surface area contributed by atoms with Gasteiger partial charge in [0.1, 0.15) is 5.82 Å². The van der Waals surface area contributed by atoms with E-state index in [1.807, 2.05) is 32.2 Å². The zero-order valence-electron chi connectivity index (χ0n) is 14.8. The van der Waals surface area contributed by atoms with Gasteiger partial charge in [0, 0.05) is 31.1 Å². The van der Waals surface area contributed by atoms with E-state index in [0.29, 0.717) is 24.8 Å². The number of pyridine rings is 1. The van der Waals surface area contributed by atoms with Crippen molar-refractivity contribution in [1.82, 2.24) is 14.8 Å². The quantitative estimate of drug-likeness (QED) is 0.806. The number of amides is 1. The largest absolute Gasteiger partial charge is 0.378 e. The summed E-state index contributed by atoms with van der Waals surface area (Å²) >= 11 is 0. The lowest BCUT2D eigenvalue weighted by Crippen LogP contribution is -2.19. The van der Waals surface area contributed by atoms with Crippen molar-refractivity contribution in [2.45, 2.75) is 39.7 Å². The van der Waals surface area contributed by atoms with Crippen LogP contribution in [0, 0.1) is 5.92 Å². The van der Waals surface area contributed by atoms with Crippen molar-refractivity contribution < 1.29 is 9.53 Å². The lowest BCUT2D eigenvalue weighted by Gasteiger charge is -2.14. The van der Waals surface area contributed by atoms with Crippen LogP contribution >= 0.6 is 0 Å². The molecule has 2 heterocycles. The number of aromatic nitrogens is 3. The summed E-state index contributed by atoms with van der Waals surface area (Å²) < 4.78 is 7.34. The Hall–Kier alpha value is -2.21. The molecule has 0 aliphatic rings. The van der Waals surface area contributed by atoms with Crippen LogP contribution < -0.4 is 5.32 Å². The van der Waals surface area contributed by atoms with Gasteiger partial charge in [0.05, 0.1) is 24.8 Å². The van der Waals surface area contributed by atoms with Crippen molar-refractivity contribution in [3.05, 3.63) is 30.6 Å². The molecule has 1 N–H and O–H groups in total. The number of hydrogen-bond acceptors (Lipinski definition) is 4. The summed E-state index contributed by atoms with van der Waals surface area (Å²) in [5.41, 5.74) is 1.77. The van der Waals surface area contributed by atoms with Crippen LogP contribution in [-0.4, -0.2) is 33.4 Å². The van der Waals surface area contributed by atoms with Gasteiger partial charge in [-0.3, -0.25) is 14.5 Å². The standard InChI is InChI=1S/C18H26N4O2/c1-13(2)11-14(3)24-10-7-18(23)20-17-12-16(21-22(17)4)15-5-8-19-9-6-15/h5-6,8-9,12-14H,7,10-11H2,1-4H3,(H,20,23)/t14-/m0/s1. The fourth-order valence-electron chi connectivity index (χ4n) is 2.54. The summed E-state index contributed by atoms with van der Waals surface area (Å²) in [5.74, 6) is 1.19. The van der Waals surface area contributed by atoms with Gasteiger partial charge in [-0.15, -0.1) is 0 Å². The first kappa shape index (κ1) is 18.1. The lowest BCUT2D eigenvalue weighted by molar-refractivity contribution is -0.117. The van der Waals surface area contributed by atoms with Crippen LogP contribution in [0.25, 0.3) is 11.3 Å². The molecule has 0 aliphatic heterocycles. The summed E-state index contributed by atoms with van der Waals surface area (Å²) in [4.78, 5) is 16.1. The topological polar surface area (TPSA) is 69.0 Å². The number of anilines is 1. The molecule has 2 aromatic heterocycles. The molecular weight excluding hydrogens is 304 g/mol. The minimum atomic E-state index is -0.0731. The molecule has 0 aromatic carbocycles. The Kier molecular flexibility index (Phi) is 6.49. The Bertz CT molecular complexity index is 652. The van der Waals surface area contributed by atoms with Gasteiger partial charge in [-0.1, -0.05) is 13.8 Å². The Labute approximate surface area is 143 Å². The highest BCUT2D eigenvalue weighted by Crippen LogP contribution is 2.20. The maximum atomic E-state index is 12.1. The molecule has 0 fully saturated rings. The number of nitrogens with zero attached hydrogens (tertiary/aromatic N) is 3. The SMILES string of the molecule is CC(C)C[C@H](C)OCCC(=O)Nc1cc(-c2ccncc2)nn1C. The van der Waals surface area contributed by atoms with E-state index in [2.05, 4.69) is 29.2 Å². The van der Waals surface area contributed by atoms with Gasteiger partial charge < -0.3 is 10.1 Å². The van der Waals surface area contributed by atoms with E-state index in [0.717, 1.165) is 17.7 Å². The lowest BCUT2D eigenvalue weighted by atomic mass is 10.1. The number of carbonyl (C=O) groups is 1. The predicted molar refractivity (Wildman–Crippen MR) is 94.6 cm³/mol. The summed E-state index contributed by atoms with van der Waals surface area (Å²) in [6, 6.07) is 5.63. The predicted octanol–water partition coefficient (Wildman–Crippen LogP) is 3.26. The molecule has 0 spiro atoms. The van der Waals surface area contributed by atoms with Crippen LogP contribution in [0.4, 0.5) is 5.82 Å². The van der Waals surface area contributed by atoms with Gasteiger partial charge >= 0.3 is 0 Å². The van der Waals surface area contributed by atoms with E-state index in [4.69, 9.17) is 4.74 Å². The van der Waals surface area contributed by atoms with E-state index < -0.39 is 0 Å². The van der Waals surface area contributed by atoms with Crippen molar-refractivity contribution in [3.63, 3.8) is 0 Å². The first-order chi connectivity index (χ1) is 11.5. The van der Waals surface area contributed by atoms with Crippen molar-refractivity contribution in [3.8, 4) is 11.3 Å². The molecule has 0 radical (unpaired) electrons. The van der Waals surface area contributed by atoms with E-state index in [1.54, 1.807) is 17.1 Å². The van der Waals surface area contributed by atoms with E-state index in [1.165, 1.54) is 0 Å². The van der Waals surface area contributed by atoms with E-state index in [9.17, 15) is 4.79 Å². The van der Waals surface area contributed by atoms with Gasteiger partial charge in [0.15, 0.2) is 0 Å². The van der Waals surface area contributed by atoms with Gasteiger partial charge in [-0.05, 0) is 31.4 Å².